The van der Waals surface area contributed by atoms with E-state index in [9.17, 15) is 5.11 Å². The molecule has 0 saturated carbocycles. The minimum Gasteiger partial charge on any atom is -0.386 e. The zero-order valence-corrected chi connectivity index (χ0v) is 11.7. The van der Waals surface area contributed by atoms with Gasteiger partial charge in [0, 0.05) is 16.8 Å². The van der Waals surface area contributed by atoms with Gasteiger partial charge >= 0.3 is 0 Å². The summed E-state index contributed by atoms with van der Waals surface area (Å²) < 4.78 is 0. The Morgan fingerprint density at radius 2 is 1.83 bits per heavy atom. The summed E-state index contributed by atoms with van der Waals surface area (Å²) in [6.45, 7) is 0. The van der Waals surface area contributed by atoms with Gasteiger partial charge in [0.2, 0.25) is 0 Å². The van der Waals surface area contributed by atoms with Crippen LogP contribution in [0.4, 0.5) is 0 Å². The SMILES string of the molecule is OC(CSc1ccccc1Cl)c1ncccc1Cl. The van der Waals surface area contributed by atoms with Crippen LogP contribution in [0.25, 0.3) is 0 Å². The summed E-state index contributed by atoms with van der Waals surface area (Å²) in [6.07, 6.45) is 0.907. The molecule has 1 aromatic carbocycles. The summed E-state index contributed by atoms with van der Waals surface area (Å²) in [7, 11) is 0. The lowest BCUT2D eigenvalue weighted by Gasteiger charge is -2.11. The van der Waals surface area contributed by atoms with E-state index in [0.717, 1.165) is 4.90 Å². The second-order valence-electron chi connectivity index (χ2n) is 3.63. The second-order valence-corrected chi connectivity index (χ2v) is 5.50. The van der Waals surface area contributed by atoms with Gasteiger partial charge in [-0.1, -0.05) is 35.3 Å². The number of aromatic nitrogens is 1. The number of rotatable bonds is 4. The maximum Gasteiger partial charge on any atom is 0.107 e. The highest BCUT2D eigenvalue weighted by Gasteiger charge is 2.13. The molecule has 1 unspecified atom stereocenters. The normalized spacial score (nSPS) is 12.4. The second kappa shape index (κ2) is 6.43. The first-order valence-corrected chi connectivity index (χ1v) is 7.08. The molecule has 1 heterocycles. The Hall–Kier alpha value is -0.740. The molecule has 0 fully saturated rings. The number of pyridine rings is 1. The molecule has 94 valence electrons. The van der Waals surface area contributed by atoms with Gasteiger partial charge in [0.25, 0.3) is 0 Å². The van der Waals surface area contributed by atoms with Crippen LogP contribution < -0.4 is 0 Å². The summed E-state index contributed by atoms with van der Waals surface area (Å²) in [6, 6.07) is 11.0. The van der Waals surface area contributed by atoms with Crippen molar-refractivity contribution in [3.8, 4) is 0 Å². The predicted octanol–water partition coefficient (Wildman–Crippen LogP) is 4.21. The van der Waals surface area contributed by atoms with Crippen molar-refractivity contribution in [2.24, 2.45) is 0 Å². The molecule has 1 aromatic heterocycles. The molecule has 18 heavy (non-hydrogen) atoms. The highest BCUT2D eigenvalue weighted by atomic mass is 35.5. The Bertz CT molecular complexity index is 536. The smallest absolute Gasteiger partial charge is 0.107 e. The molecule has 0 aliphatic heterocycles. The fraction of sp³-hybridized carbons (Fsp3) is 0.154. The molecule has 1 atom stereocenters. The highest BCUT2D eigenvalue weighted by molar-refractivity contribution is 7.99. The quantitative estimate of drug-likeness (QED) is 0.858. The van der Waals surface area contributed by atoms with Crippen LogP contribution in [0.1, 0.15) is 11.8 Å². The third-order valence-corrected chi connectivity index (χ3v) is 4.25. The van der Waals surface area contributed by atoms with E-state index in [2.05, 4.69) is 4.98 Å². The number of aliphatic hydroxyl groups is 1. The van der Waals surface area contributed by atoms with Crippen molar-refractivity contribution in [2.45, 2.75) is 11.0 Å². The molecule has 0 aliphatic carbocycles. The monoisotopic (exact) mass is 299 g/mol. The lowest BCUT2D eigenvalue weighted by molar-refractivity contribution is 0.199. The van der Waals surface area contributed by atoms with Crippen LogP contribution in [0.3, 0.4) is 0 Å². The first kappa shape index (κ1) is 13.7. The molecule has 0 amide bonds. The number of hydrogen-bond donors (Lipinski definition) is 1. The molecule has 0 aliphatic rings. The Balaban J connectivity index is 2.03. The summed E-state index contributed by atoms with van der Waals surface area (Å²) in [5, 5.41) is 11.2. The minimum absolute atomic E-state index is 0.459. The van der Waals surface area contributed by atoms with Crippen molar-refractivity contribution < 1.29 is 5.11 Å². The van der Waals surface area contributed by atoms with Crippen LogP contribution in [-0.2, 0) is 0 Å². The Labute approximate surface area is 120 Å². The van der Waals surface area contributed by atoms with E-state index in [1.165, 1.54) is 11.8 Å². The molecular weight excluding hydrogens is 289 g/mol. The number of nitrogens with zero attached hydrogens (tertiary/aromatic N) is 1. The molecule has 0 spiro atoms. The topological polar surface area (TPSA) is 33.1 Å². The molecule has 2 rings (SSSR count). The van der Waals surface area contributed by atoms with E-state index in [4.69, 9.17) is 23.2 Å². The van der Waals surface area contributed by atoms with Gasteiger partial charge in [0.1, 0.15) is 6.10 Å². The molecule has 5 heteroatoms. The summed E-state index contributed by atoms with van der Waals surface area (Å²) in [5.41, 5.74) is 0.499. The lowest BCUT2D eigenvalue weighted by atomic mass is 10.2. The van der Waals surface area contributed by atoms with E-state index < -0.39 is 6.10 Å². The number of benzene rings is 1. The van der Waals surface area contributed by atoms with Crippen molar-refractivity contribution in [1.82, 2.24) is 4.98 Å². The molecular formula is C13H11Cl2NOS. The largest absolute Gasteiger partial charge is 0.386 e. The summed E-state index contributed by atoms with van der Waals surface area (Å²) in [5.74, 6) is 0.459. The van der Waals surface area contributed by atoms with Crippen LogP contribution in [0.5, 0.6) is 0 Å². The fourth-order valence-electron chi connectivity index (χ4n) is 1.45. The number of aliphatic hydroxyl groups excluding tert-OH is 1. The van der Waals surface area contributed by atoms with Gasteiger partial charge in [-0.15, -0.1) is 11.8 Å². The first-order chi connectivity index (χ1) is 8.68. The Kier molecular flexibility index (Phi) is 4.89. The van der Waals surface area contributed by atoms with E-state index in [0.29, 0.717) is 21.5 Å². The number of halogens is 2. The third kappa shape index (κ3) is 3.39. The van der Waals surface area contributed by atoms with Crippen molar-refractivity contribution in [3.63, 3.8) is 0 Å². The highest BCUT2D eigenvalue weighted by Crippen LogP contribution is 2.31. The zero-order chi connectivity index (χ0) is 13.0. The maximum absolute atomic E-state index is 10.0. The molecule has 0 bridgehead atoms. The number of hydrogen-bond acceptors (Lipinski definition) is 3. The van der Waals surface area contributed by atoms with Crippen molar-refractivity contribution >= 4 is 35.0 Å². The van der Waals surface area contributed by atoms with E-state index in [1.807, 2.05) is 24.3 Å². The van der Waals surface area contributed by atoms with Crippen LogP contribution in [-0.4, -0.2) is 15.8 Å². The van der Waals surface area contributed by atoms with Gasteiger partial charge in [0.15, 0.2) is 0 Å². The number of thioether (sulfide) groups is 1. The van der Waals surface area contributed by atoms with Crippen molar-refractivity contribution in [1.29, 1.82) is 0 Å². The van der Waals surface area contributed by atoms with Crippen LogP contribution in [0, 0.1) is 0 Å². The maximum atomic E-state index is 10.0. The van der Waals surface area contributed by atoms with E-state index in [-0.39, 0.29) is 0 Å². The fourth-order valence-corrected chi connectivity index (χ4v) is 2.88. The van der Waals surface area contributed by atoms with Gasteiger partial charge in [-0.3, -0.25) is 4.98 Å². The van der Waals surface area contributed by atoms with E-state index >= 15 is 0 Å². The standard InChI is InChI=1S/C13H11Cl2NOS/c14-9-4-1-2-6-12(9)18-8-11(17)13-10(15)5-3-7-16-13/h1-7,11,17H,8H2. The van der Waals surface area contributed by atoms with Crippen LogP contribution >= 0.6 is 35.0 Å². The molecule has 1 N–H and O–H groups in total. The van der Waals surface area contributed by atoms with Crippen molar-refractivity contribution in [3.05, 3.63) is 58.3 Å². The van der Waals surface area contributed by atoms with E-state index in [1.54, 1.807) is 18.3 Å². The zero-order valence-electron chi connectivity index (χ0n) is 9.38. The van der Waals surface area contributed by atoms with Gasteiger partial charge < -0.3 is 5.11 Å². The summed E-state index contributed by atoms with van der Waals surface area (Å²) in [4.78, 5) is 5.02. The minimum atomic E-state index is -0.708. The van der Waals surface area contributed by atoms with Crippen LogP contribution in [0.2, 0.25) is 10.0 Å². The van der Waals surface area contributed by atoms with Gasteiger partial charge in [-0.05, 0) is 24.3 Å². The van der Waals surface area contributed by atoms with Crippen LogP contribution in [0.15, 0.2) is 47.5 Å². The van der Waals surface area contributed by atoms with Gasteiger partial charge in [-0.2, -0.15) is 0 Å². The van der Waals surface area contributed by atoms with Crippen molar-refractivity contribution in [2.75, 3.05) is 5.75 Å². The molecule has 0 saturated heterocycles. The average molecular weight is 300 g/mol. The molecule has 0 radical (unpaired) electrons. The Morgan fingerprint density at radius 3 is 2.56 bits per heavy atom. The predicted molar refractivity (Wildman–Crippen MR) is 76.4 cm³/mol. The lowest BCUT2D eigenvalue weighted by Crippen LogP contribution is -2.03. The van der Waals surface area contributed by atoms with Gasteiger partial charge in [-0.25, -0.2) is 0 Å². The average Bonchev–Trinajstić information content (AvgIpc) is 2.38. The Morgan fingerprint density at radius 1 is 1.11 bits per heavy atom. The summed E-state index contributed by atoms with van der Waals surface area (Å²) >= 11 is 13.5. The molecule has 2 nitrogen and oxygen atoms in total. The first-order valence-electron chi connectivity index (χ1n) is 5.34. The third-order valence-electron chi connectivity index (χ3n) is 2.34. The molecule has 2 aromatic rings. The van der Waals surface area contributed by atoms with Gasteiger partial charge in [0.05, 0.1) is 15.7 Å².